The Morgan fingerprint density at radius 2 is 1.70 bits per heavy atom. The van der Waals surface area contributed by atoms with Crippen LogP contribution >= 0.6 is 20.1 Å². The Morgan fingerprint density at radius 3 is 2.30 bits per heavy atom. The molecule has 120 valence electrons. The molecule has 0 saturated heterocycles. The number of hydrogen-bond acceptors (Lipinski definition) is 2. The van der Waals surface area contributed by atoms with E-state index in [1.165, 1.54) is 0 Å². The topological polar surface area (TPSA) is 34.1 Å². The van der Waals surface area contributed by atoms with E-state index in [0.717, 1.165) is 24.0 Å². The Labute approximate surface area is 144 Å². The number of alkyl halides is 1. The SMILES string of the molecule is CCCC(Cl)C(P=O)c1ccccc1C(=O)c1ccccc1C. The van der Waals surface area contributed by atoms with Gasteiger partial charge in [0.2, 0.25) is 0 Å². The van der Waals surface area contributed by atoms with E-state index >= 15 is 0 Å². The van der Waals surface area contributed by atoms with Crippen molar-refractivity contribution in [3.63, 3.8) is 0 Å². The van der Waals surface area contributed by atoms with Crippen molar-refractivity contribution in [2.24, 2.45) is 0 Å². The van der Waals surface area contributed by atoms with Crippen LogP contribution in [0, 0.1) is 6.92 Å². The van der Waals surface area contributed by atoms with E-state index in [9.17, 15) is 9.36 Å². The van der Waals surface area contributed by atoms with Crippen LogP contribution in [0.5, 0.6) is 0 Å². The Hall–Kier alpha value is -1.50. The predicted molar refractivity (Wildman–Crippen MR) is 96.0 cm³/mol. The molecule has 0 saturated carbocycles. The maximum absolute atomic E-state index is 12.9. The number of halogens is 1. The number of rotatable bonds is 7. The van der Waals surface area contributed by atoms with Gasteiger partial charge in [0.25, 0.3) is 0 Å². The summed E-state index contributed by atoms with van der Waals surface area (Å²) < 4.78 is 11.7. The summed E-state index contributed by atoms with van der Waals surface area (Å²) in [6, 6.07) is 14.8. The summed E-state index contributed by atoms with van der Waals surface area (Å²) in [5, 5.41) is -0.259. The van der Waals surface area contributed by atoms with Gasteiger partial charge in [0.1, 0.15) is 0 Å². The molecule has 0 N–H and O–H groups in total. The zero-order chi connectivity index (χ0) is 16.8. The fraction of sp³-hybridized carbons (Fsp3) is 0.316. The molecule has 0 radical (unpaired) electrons. The van der Waals surface area contributed by atoms with E-state index < -0.39 is 0 Å². The fourth-order valence-corrected chi connectivity index (χ4v) is 3.80. The molecule has 0 amide bonds. The quantitative estimate of drug-likeness (QED) is 0.352. The van der Waals surface area contributed by atoms with Crippen molar-refractivity contribution in [1.82, 2.24) is 0 Å². The molecular formula is C19H20ClO2P. The molecular weight excluding hydrogens is 327 g/mol. The highest BCUT2D eigenvalue weighted by molar-refractivity contribution is 7.24. The van der Waals surface area contributed by atoms with Gasteiger partial charge < -0.3 is 0 Å². The smallest absolute Gasteiger partial charge is 0.193 e. The number of hydrogen-bond donors (Lipinski definition) is 0. The van der Waals surface area contributed by atoms with Gasteiger partial charge in [0, 0.05) is 11.1 Å². The minimum absolute atomic E-state index is 0.0484. The monoisotopic (exact) mass is 346 g/mol. The molecule has 2 unspecified atom stereocenters. The van der Waals surface area contributed by atoms with Gasteiger partial charge in [0.15, 0.2) is 14.2 Å². The molecule has 0 fully saturated rings. The molecule has 0 spiro atoms. The van der Waals surface area contributed by atoms with Crippen LogP contribution in [0.15, 0.2) is 48.5 Å². The minimum atomic E-state index is -0.374. The summed E-state index contributed by atoms with van der Waals surface area (Å²) >= 11 is 6.42. The lowest BCUT2D eigenvalue weighted by molar-refractivity contribution is 0.103. The minimum Gasteiger partial charge on any atom is -0.289 e. The largest absolute Gasteiger partial charge is 0.289 e. The molecule has 0 aliphatic heterocycles. The number of carbonyl (C=O) groups excluding carboxylic acids is 1. The van der Waals surface area contributed by atoms with Crippen LogP contribution < -0.4 is 0 Å². The predicted octanol–water partition coefficient (Wildman–Crippen LogP) is 5.97. The number of aryl methyl sites for hydroxylation is 1. The third kappa shape index (κ3) is 4.07. The van der Waals surface area contributed by atoms with E-state index in [2.05, 4.69) is 0 Å². The number of benzene rings is 2. The fourth-order valence-electron chi connectivity index (χ4n) is 2.69. The van der Waals surface area contributed by atoms with Gasteiger partial charge in [-0.2, -0.15) is 0 Å². The van der Waals surface area contributed by atoms with Crippen LogP contribution in [0.2, 0.25) is 0 Å². The first-order valence-corrected chi connectivity index (χ1v) is 9.07. The molecule has 2 atom stereocenters. The lowest BCUT2D eigenvalue weighted by Gasteiger charge is -2.19. The standard InChI is InChI=1S/C19H20ClO2P/c1-3-8-17(20)19(23-22)16-12-7-6-11-15(16)18(21)14-10-5-4-9-13(14)2/h4-7,9-12,17,19H,3,8H2,1-2H3. The number of carbonyl (C=O) groups is 1. The van der Waals surface area contributed by atoms with Gasteiger partial charge in [-0.3, -0.25) is 9.36 Å². The first-order chi connectivity index (χ1) is 11.1. The summed E-state index contributed by atoms with van der Waals surface area (Å²) in [5.41, 5.74) is 2.56. The molecule has 0 aliphatic rings. The van der Waals surface area contributed by atoms with Gasteiger partial charge in [-0.05, 0) is 24.5 Å². The molecule has 2 aromatic rings. The Morgan fingerprint density at radius 1 is 1.09 bits per heavy atom. The van der Waals surface area contributed by atoms with E-state index in [1.54, 1.807) is 6.07 Å². The lowest BCUT2D eigenvalue weighted by Crippen LogP contribution is -2.13. The Kier molecular flexibility index (Phi) is 6.50. The van der Waals surface area contributed by atoms with Crippen LogP contribution in [0.25, 0.3) is 0 Å². The molecule has 23 heavy (non-hydrogen) atoms. The van der Waals surface area contributed by atoms with Gasteiger partial charge in [-0.15, -0.1) is 11.6 Å². The maximum Gasteiger partial charge on any atom is 0.193 e. The van der Waals surface area contributed by atoms with E-state index in [1.807, 2.05) is 56.3 Å². The summed E-state index contributed by atoms with van der Waals surface area (Å²) in [4.78, 5) is 12.9. The zero-order valence-electron chi connectivity index (χ0n) is 13.3. The third-order valence-corrected chi connectivity index (χ3v) is 5.45. The Bertz CT molecular complexity index is 699. The van der Waals surface area contributed by atoms with Crippen molar-refractivity contribution < 1.29 is 9.36 Å². The van der Waals surface area contributed by atoms with E-state index in [-0.39, 0.29) is 25.3 Å². The highest BCUT2D eigenvalue weighted by atomic mass is 35.5. The average Bonchev–Trinajstić information content (AvgIpc) is 2.56. The molecule has 0 aliphatic carbocycles. The van der Waals surface area contributed by atoms with Gasteiger partial charge in [-0.25, -0.2) is 0 Å². The van der Waals surface area contributed by atoms with Crippen LogP contribution in [-0.2, 0) is 4.57 Å². The first-order valence-electron chi connectivity index (χ1n) is 7.76. The second kappa shape index (κ2) is 8.38. The zero-order valence-corrected chi connectivity index (χ0v) is 15.0. The average molecular weight is 347 g/mol. The normalized spacial score (nSPS) is 13.7. The third-order valence-electron chi connectivity index (χ3n) is 3.93. The molecule has 2 rings (SSSR count). The van der Waals surface area contributed by atoms with Crippen LogP contribution in [-0.4, -0.2) is 11.2 Å². The summed E-state index contributed by atoms with van der Waals surface area (Å²) in [5.74, 6) is -0.0484. The van der Waals surface area contributed by atoms with Crippen LogP contribution in [0.4, 0.5) is 0 Å². The highest BCUT2D eigenvalue weighted by Crippen LogP contribution is 2.38. The summed E-state index contributed by atoms with van der Waals surface area (Å²) in [6.45, 7) is 3.96. The Balaban J connectivity index is 2.47. The van der Waals surface area contributed by atoms with Gasteiger partial charge >= 0.3 is 0 Å². The molecule has 0 heterocycles. The maximum atomic E-state index is 12.9. The van der Waals surface area contributed by atoms with Crippen molar-refractivity contribution in [2.75, 3.05) is 0 Å². The van der Waals surface area contributed by atoms with Gasteiger partial charge in [-0.1, -0.05) is 61.9 Å². The molecule has 2 aromatic carbocycles. The highest BCUT2D eigenvalue weighted by Gasteiger charge is 2.26. The van der Waals surface area contributed by atoms with Crippen LogP contribution in [0.3, 0.4) is 0 Å². The number of ketones is 1. The summed E-state index contributed by atoms with van der Waals surface area (Å²) in [6.07, 6.45) is 1.67. The molecule has 0 bridgehead atoms. The lowest BCUT2D eigenvalue weighted by atomic mass is 9.93. The first kappa shape index (κ1) is 17.8. The summed E-state index contributed by atoms with van der Waals surface area (Å²) in [7, 11) is -0.0529. The van der Waals surface area contributed by atoms with E-state index in [4.69, 9.17) is 11.6 Å². The second-order valence-corrected chi connectivity index (χ2v) is 6.91. The van der Waals surface area contributed by atoms with E-state index in [0.29, 0.717) is 11.1 Å². The molecule has 4 heteroatoms. The van der Waals surface area contributed by atoms with Gasteiger partial charge in [0.05, 0.1) is 11.0 Å². The van der Waals surface area contributed by atoms with Crippen molar-refractivity contribution in [1.29, 1.82) is 0 Å². The van der Waals surface area contributed by atoms with Crippen molar-refractivity contribution >= 4 is 25.8 Å². The molecule has 2 nitrogen and oxygen atoms in total. The van der Waals surface area contributed by atoms with Crippen LogP contribution in [0.1, 0.15) is 52.5 Å². The van der Waals surface area contributed by atoms with Crippen molar-refractivity contribution in [2.45, 2.75) is 37.7 Å². The second-order valence-electron chi connectivity index (χ2n) is 5.59. The van der Waals surface area contributed by atoms with Crippen molar-refractivity contribution in [3.05, 3.63) is 70.8 Å². The van der Waals surface area contributed by atoms with Crippen molar-refractivity contribution in [3.8, 4) is 0 Å². The molecule has 0 aromatic heterocycles.